The maximum Gasteiger partial charge on any atom is 0.321 e. The van der Waals surface area contributed by atoms with Gasteiger partial charge in [0.15, 0.2) is 0 Å². The zero-order valence-electron chi connectivity index (χ0n) is 20.6. The van der Waals surface area contributed by atoms with Gasteiger partial charge in [0, 0.05) is 43.3 Å². The molecule has 2 aliphatic rings. The molecule has 0 bridgehead atoms. The number of hydrogen-bond acceptors (Lipinski definition) is 4. The number of anilines is 1. The number of nitrogens with zero attached hydrogens (tertiary/aromatic N) is 3. The summed E-state index contributed by atoms with van der Waals surface area (Å²) in [5.41, 5.74) is 4.34. The monoisotopic (exact) mass is 472 g/mol. The van der Waals surface area contributed by atoms with Crippen LogP contribution in [0, 0.1) is 19.3 Å². The van der Waals surface area contributed by atoms with Crippen LogP contribution < -0.4 is 10.1 Å². The van der Waals surface area contributed by atoms with Gasteiger partial charge in [0.25, 0.3) is 5.91 Å². The first-order valence-electron chi connectivity index (χ1n) is 12.2. The Morgan fingerprint density at radius 3 is 2.40 bits per heavy atom. The summed E-state index contributed by atoms with van der Waals surface area (Å²) in [5.74, 6) is 0.608. The van der Waals surface area contributed by atoms with E-state index in [0.29, 0.717) is 37.6 Å². The molecule has 0 radical (unpaired) electrons. The molecule has 2 saturated heterocycles. The first kappa shape index (κ1) is 23.1. The van der Waals surface area contributed by atoms with Gasteiger partial charge in [-0.3, -0.25) is 4.79 Å². The largest absolute Gasteiger partial charge is 0.496 e. The summed E-state index contributed by atoms with van der Waals surface area (Å²) in [6.45, 7) is 6.87. The number of hydrogen-bond donors (Lipinski definition) is 1. The third-order valence-corrected chi connectivity index (χ3v) is 7.58. The van der Waals surface area contributed by atoms with Gasteiger partial charge in [0.05, 0.1) is 12.6 Å². The number of methoxy groups -OCH3 is 1. The van der Waals surface area contributed by atoms with Crippen LogP contribution in [0.5, 0.6) is 5.75 Å². The van der Waals surface area contributed by atoms with Gasteiger partial charge in [0.1, 0.15) is 11.4 Å². The number of ether oxygens (including phenoxy) is 1. The van der Waals surface area contributed by atoms with Gasteiger partial charge in [0.2, 0.25) is 0 Å². The minimum absolute atomic E-state index is 0.0507. The fourth-order valence-corrected chi connectivity index (χ4v) is 5.43. The first-order valence-corrected chi connectivity index (χ1v) is 12.2. The molecule has 1 N–H and O–H groups in total. The molecule has 0 aliphatic carbocycles. The van der Waals surface area contributed by atoms with Gasteiger partial charge >= 0.3 is 6.03 Å². The molecule has 2 fully saturated rings. The molecule has 1 spiro atoms. The maximum absolute atomic E-state index is 13.3. The van der Waals surface area contributed by atoms with Crippen LogP contribution >= 0.6 is 0 Å². The molecule has 0 saturated carbocycles. The van der Waals surface area contributed by atoms with Crippen LogP contribution in [0.1, 0.15) is 40.9 Å². The highest BCUT2D eigenvalue weighted by molar-refractivity contribution is 5.97. The Hall–Kier alpha value is -3.61. The van der Waals surface area contributed by atoms with Crippen LogP contribution in [0.15, 0.2) is 48.5 Å². The third-order valence-electron chi connectivity index (χ3n) is 7.58. The highest BCUT2D eigenvalue weighted by atomic mass is 16.5. The number of aryl methyl sites for hydroxylation is 2. The highest BCUT2D eigenvalue weighted by Gasteiger charge is 2.43. The Balaban J connectivity index is 1.22. The van der Waals surface area contributed by atoms with Crippen LogP contribution in [-0.4, -0.2) is 60.0 Å². The predicted molar refractivity (Wildman–Crippen MR) is 137 cm³/mol. The van der Waals surface area contributed by atoms with Gasteiger partial charge in [-0.15, -0.1) is 0 Å². The third kappa shape index (κ3) is 4.55. The molecule has 35 heavy (non-hydrogen) atoms. The van der Waals surface area contributed by atoms with Crippen LogP contribution in [0.4, 0.5) is 10.5 Å². The van der Waals surface area contributed by atoms with Crippen molar-refractivity contribution in [1.29, 1.82) is 0 Å². The predicted octanol–water partition coefficient (Wildman–Crippen LogP) is 5.02. The molecule has 2 aromatic carbocycles. The molecule has 7 heteroatoms. The van der Waals surface area contributed by atoms with E-state index in [0.717, 1.165) is 41.4 Å². The molecule has 5 rings (SSSR count). The van der Waals surface area contributed by atoms with E-state index in [-0.39, 0.29) is 17.4 Å². The fraction of sp³-hybridized carbons (Fsp3) is 0.393. The topological polar surface area (TPSA) is 74.8 Å². The molecule has 0 atom stereocenters. The number of piperidine rings is 1. The molecule has 3 heterocycles. The molecule has 1 aromatic heterocycles. The van der Waals surface area contributed by atoms with Crippen LogP contribution in [-0.2, 0) is 0 Å². The standard InChI is InChI=1S/C28H32N4O3/c1-19-8-9-22(20(2)16-19)30-27(34)31-13-10-28(11-14-31)12-15-32(18-28)26(33)24-17-25(35-3)21-6-4-5-7-23(21)29-24/h4-9,16-17H,10-15,18H2,1-3H3,(H,30,34). The Morgan fingerprint density at radius 2 is 1.69 bits per heavy atom. The highest BCUT2D eigenvalue weighted by Crippen LogP contribution is 2.41. The minimum atomic E-state index is -0.0547. The van der Waals surface area contributed by atoms with Gasteiger partial charge in [-0.05, 0) is 62.3 Å². The van der Waals surface area contributed by atoms with E-state index in [2.05, 4.69) is 16.4 Å². The summed E-state index contributed by atoms with van der Waals surface area (Å²) in [7, 11) is 1.62. The molecule has 3 amide bonds. The Kier molecular flexibility index (Phi) is 6.09. The number of likely N-dealkylation sites (tertiary alicyclic amines) is 2. The second-order valence-electron chi connectivity index (χ2n) is 9.94. The van der Waals surface area contributed by atoms with E-state index >= 15 is 0 Å². The minimum Gasteiger partial charge on any atom is -0.496 e. The number of nitrogens with one attached hydrogen (secondary N) is 1. The number of fused-ring (bicyclic) bond motifs is 1. The summed E-state index contributed by atoms with van der Waals surface area (Å²) in [6.07, 6.45) is 2.74. The van der Waals surface area contributed by atoms with Crippen molar-refractivity contribution in [2.45, 2.75) is 33.1 Å². The first-order chi connectivity index (χ1) is 16.9. The maximum atomic E-state index is 13.3. The molecule has 2 aliphatic heterocycles. The molecular weight excluding hydrogens is 440 g/mol. The van der Waals surface area contributed by atoms with Crippen molar-refractivity contribution in [3.05, 3.63) is 65.4 Å². The number of urea groups is 1. The molecule has 182 valence electrons. The SMILES string of the molecule is COc1cc(C(=O)N2CCC3(CCN(C(=O)Nc4ccc(C)cc4C)CC3)C2)nc2ccccc12. The van der Waals surface area contributed by atoms with Crippen molar-refractivity contribution >= 4 is 28.5 Å². The van der Waals surface area contributed by atoms with E-state index in [9.17, 15) is 9.59 Å². The van der Waals surface area contributed by atoms with Crippen molar-refractivity contribution in [2.24, 2.45) is 5.41 Å². The van der Waals surface area contributed by atoms with E-state index in [1.165, 1.54) is 5.56 Å². The second kappa shape index (κ2) is 9.21. The smallest absolute Gasteiger partial charge is 0.321 e. The van der Waals surface area contributed by atoms with Crippen LogP contribution in [0.25, 0.3) is 10.9 Å². The van der Waals surface area contributed by atoms with Gasteiger partial charge < -0.3 is 19.9 Å². The fourth-order valence-electron chi connectivity index (χ4n) is 5.43. The summed E-state index contributed by atoms with van der Waals surface area (Å²) < 4.78 is 5.53. The number of carbonyl (C=O) groups excluding carboxylic acids is 2. The number of pyridine rings is 1. The molecular formula is C28H32N4O3. The lowest BCUT2D eigenvalue weighted by atomic mass is 9.78. The van der Waals surface area contributed by atoms with E-state index in [1.54, 1.807) is 13.2 Å². The van der Waals surface area contributed by atoms with Crippen LogP contribution in [0.3, 0.4) is 0 Å². The van der Waals surface area contributed by atoms with E-state index in [4.69, 9.17) is 4.74 Å². The number of aromatic nitrogens is 1. The lowest BCUT2D eigenvalue weighted by Gasteiger charge is -2.39. The van der Waals surface area contributed by atoms with Crippen molar-refractivity contribution in [1.82, 2.24) is 14.8 Å². The quantitative estimate of drug-likeness (QED) is 0.581. The number of rotatable bonds is 3. The zero-order chi connectivity index (χ0) is 24.6. The summed E-state index contributed by atoms with van der Waals surface area (Å²) in [5, 5.41) is 3.96. The van der Waals surface area contributed by atoms with Crippen molar-refractivity contribution < 1.29 is 14.3 Å². The van der Waals surface area contributed by atoms with Crippen molar-refractivity contribution in [3.63, 3.8) is 0 Å². The summed E-state index contributed by atoms with van der Waals surface area (Å²) in [6, 6.07) is 15.4. The Labute approximate surface area is 206 Å². The number of benzene rings is 2. The Bertz CT molecular complexity index is 1280. The van der Waals surface area contributed by atoms with Crippen molar-refractivity contribution in [2.75, 3.05) is 38.6 Å². The average Bonchev–Trinajstić information content (AvgIpc) is 3.28. The van der Waals surface area contributed by atoms with E-state index in [1.807, 2.05) is 60.0 Å². The lowest BCUT2D eigenvalue weighted by Crippen LogP contribution is -2.46. The van der Waals surface area contributed by atoms with Gasteiger partial charge in [-0.25, -0.2) is 9.78 Å². The van der Waals surface area contributed by atoms with Crippen LogP contribution in [0.2, 0.25) is 0 Å². The number of carbonyl (C=O) groups is 2. The summed E-state index contributed by atoms with van der Waals surface area (Å²) in [4.78, 5) is 34.6. The zero-order valence-corrected chi connectivity index (χ0v) is 20.6. The summed E-state index contributed by atoms with van der Waals surface area (Å²) >= 11 is 0. The molecule has 7 nitrogen and oxygen atoms in total. The number of para-hydroxylation sites is 1. The van der Waals surface area contributed by atoms with Crippen molar-refractivity contribution in [3.8, 4) is 5.75 Å². The van der Waals surface area contributed by atoms with Gasteiger partial charge in [-0.2, -0.15) is 0 Å². The lowest BCUT2D eigenvalue weighted by molar-refractivity contribution is 0.0734. The average molecular weight is 473 g/mol. The van der Waals surface area contributed by atoms with Gasteiger partial charge in [-0.1, -0.05) is 29.8 Å². The number of amides is 3. The molecule has 0 unspecified atom stereocenters. The normalized spacial score (nSPS) is 17.1. The van der Waals surface area contributed by atoms with E-state index < -0.39 is 0 Å². The second-order valence-corrected chi connectivity index (χ2v) is 9.94. The molecule has 3 aromatic rings. The Morgan fingerprint density at radius 1 is 0.971 bits per heavy atom.